The lowest BCUT2D eigenvalue weighted by Crippen LogP contribution is -2.03. The molecule has 2 aromatic rings. The largest absolute Gasteiger partial charge is 0.507 e. The number of fused-ring (bicyclic) bond motifs is 1. The van der Waals surface area contributed by atoms with Crippen LogP contribution in [0.25, 0.3) is 0 Å². The molecule has 1 aliphatic rings. The predicted octanol–water partition coefficient (Wildman–Crippen LogP) is 2.95. The number of phenolic OH excluding ortho intramolecular Hbond substituents is 1. The first-order chi connectivity index (χ1) is 10.0. The fourth-order valence-electron chi connectivity index (χ4n) is 2.13. The average molecular weight is 302 g/mol. The van der Waals surface area contributed by atoms with Crippen molar-refractivity contribution < 1.29 is 14.8 Å². The Morgan fingerprint density at radius 2 is 2.00 bits per heavy atom. The van der Waals surface area contributed by atoms with Crippen LogP contribution >= 0.6 is 11.8 Å². The van der Waals surface area contributed by atoms with Crippen LogP contribution in [-0.2, 0) is 11.2 Å². The van der Waals surface area contributed by atoms with Crippen molar-refractivity contribution in [3.8, 4) is 5.75 Å². The third-order valence-corrected chi connectivity index (χ3v) is 4.20. The smallest absolute Gasteiger partial charge is 0.283 e. The number of aromatic hydroxyl groups is 1. The quantitative estimate of drug-likeness (QED) is 0.671. The molecule has 0 saturated carbocycles. The molecule has 3 rings (SSSR count). The van der Waals surface area contributed by atoms with Crippen LogP contribution in [0.1, 0.15) is 5.56 Å². The summed E-state index contributed by atoms with van der Waals surface area (Å²) in [6, 6.07) is 9.60. The minimum absolute atomic E-state index is 0.0568. The number of phenols is 1. The van der Waals surface area contributed by atoms with Gasteiger partial charge in [-0.05, 0) is 23.8 Å². The van der Waals surface area contributed by atoms with Crippen molar-refractivity contribution in [1.82, 2.24) is 0 Å². The van der Waals surface area contributed by atoms with Crippen molar-refractivity contribution in [2.24, 2.45) is 0 Å². The Morgan fingerprint density at radius 3 is 2.71 bits per heavy atom. The molecular formula is C14H10N2O4S. The molecule has 1 amide bonds. The summed E-state index contributed by atoms with van der Waals surface area (Å²) >= 11 is 1.09. The van der Waals surface area contributed by atoms with E-state index < -0.39 is 4.92 Å². The molecule has 0 spiro atoms. The van der Waals surface area contributed by atoms with Gasteiger partial charge in [-0.25, -0.2) is 0 Å². The van der Waals surface area contributed by atoms with Crippen LogP contribution in [0, 0.1) is 10.1 Å². The molecule has 1 aliphatic heterocycles. The Bertz CT molecular complexity index is 761. The molecule has 0 aromatic heterocycles. The lowest BCUT2D eigenvalue weighted by Gasteiger charge is -2.07. The number of hydrogen-bond donors (Lipinski definition) is 2. The van der Waals surface area contributed by atoms with Crippen molar-refractivity contribution in [3.63, 3.8) is 0 Å². The molecule has 0 fully saturated rings. The monoisotopic (exact) mass is 302 g/mol. The summed E-state index contributed by atoms with van der Waals surface area (Å²) in [5, 5.41) is 23.6. The molecule has 21 heavy (non-hydrogen) atoms. The summed E-state index contributed by atoms with van der Waals surface area (Å²) in [5.41, 5.74) is 1.13. The van der Waals surface area contributed by atoms with E-state index >= 15 is 0 Å². The number of carbonyl (C=O) groups excluding carboxylic acids is 1. The SMILES string of the molecule is O=C1Cc2cc([N+](=O)[O-])c(Sc3ccccc3O)cc2N1. The van der Waals surface area contributed by atoms with Gasteiger partial charge in [0.1, 0.15) is 5.75 Å². The van der Waals surface area contributed by atoms with Gasteiger partial charge >= 0.3 is 0 Å². The molecule has 0 bridgehead atoms. The molecule has 0 atom stereocenters. The maximum atomic E-state index is 11.4. The second kappa shape index (κ2) is 5.10. The van der Waals surface area contributed by atoms with Crippen LogP contribution < -0.4 is 5.32 Å². The number of nitrogens with one attached hydrogen (secondary N) is 1. The number of amides is 1. The second-order valence-corrected chi connectivity index (χ2v) is 5.61. The Kier molecular flexibility index (Phi) is 3.26. The summed E-state index contributed by atoms with van der Waals surface area (Å²) in [6.45, 7) is 0. The molecule has 2 aromatic carbocycles. The maximum absolute atomic E-state index is 11.4. The number of nitro benzene ring substituents is 1. The Balaban J connectivity index is 2.05. The number of nitrogens with zero attached hydrogens (tertiary/aromatic N) is 1. The molecule has 0 radical (unpaired) electrons. The number of nitro groups is 1. The zero-order chi connectivity index (χ0) is 15.0. The fraction of sp³-hybridized carbons (Fsp3) is 0.0714. The summed E-state index contributed by atoms with van der Waals surface area (Å²) in [4.78, 5) is 23.0. The van der Waals surface area contributed by atoms with E-state index in [4.69, 9.17) is 0 Å². The van der Waals surface area contributed by atoms with Gasteiger partial charge in [-0.1, -0.05) is 23.9 Å². The first-order valence-corrected chi connectivity index (χ1v) is 6.93. The van der Waals surface area contributed by atoms with Gasteiger partial charge in [0.2, 0.25) is 5.91 Å². The van der Waals surface area contributed by atoms with Crippen molar-refractivity contribution in [2.45, 2.75) is 16.2 Å². The number of rotatable bonds is 3. The van der Waals surface area contributed by atoms with Gasteiger partial charge in [0.25, 0.3) is 5.69 Å². The van der Waals surface area contributed by atoms with Gasteiger partial charge in [0.05, 0.1) is 21.1 Å². The average Bonchev–Trinajstić information content (AvgIpc) is 2.79. The van der Waals surface area contributed by atoms with E-state index in [0.717, 1.165) is 11.8 Å². The Hall–Kier alpha value is -2.54. The summed E-state index contributed by atoms with van der Waals surface area (Å²) in [5.74, 6) is -0.120. The van der Waals surface area contributed by atoms with E-state index in [1.54, 1.807) is 24.3 Å². The second-order valence-electron chi connectivity index (χ2n) is 4.53. The molecule has 7 heteroatoms. The van der Waals surface area contributed by atoms with Crippen LogP contribution in [0.2, 0.25) is 0 Å². The highest BCUT2D eigenvalue weighted by Crippen LogP contribution is 2.42. The van der Waals surface area contributed by atoms with Crippen molar-refractivity contribution >= 4 is 29.0 Å². The zero-order valence-electron chi connectivity index (χ0n) is 10.7. The molecule has 6 nitrogen and oxygen atoms in total. The first kappa shape index (κ1) is 13.4. The molecule has 1 heterocycles. The van der Waals surface area contributed by atoms with Gasteiger partial charge in [0, 0.05) is 11.8 Å². The van der Waals surface area contributed by atoms with Gasteiger partial charge in [-0.15, -0.1) is 0 Å². The molecule has 106 valence electrons. The van der Waals surface area contributed by atoms with E-state index in [1.807, 2.05) is 0 Å². The highest BCUT2D eigenvalue weighted by molar-refractivity contribution is 7.99. The lowest BCUT2D eigenvalue weighted by molar-refractivity contribution is -0.387. The molecule has 0 aliphatic carbocycles. The number of carbonyl (C=O) groups is 1. The normalized spacial score (nSPS) is 12.9. The van der Waals surface area contributed by atoms with Crippen molar-refractivity contribution in [2.75, 3.05) is 5.32 Å². The van der Waals surface area contributed by atoms with E-state index in [1.165, 1.54) is 12.1 Å². The number of anilines is 1. The van der Waals surface area contributed by atoms with Gasteiger partial charge < -0.3 is 10.4 Å². The maximum Gasteiger partial charge on any atom is 0.283 e. The van der Waals surface area contributed by atoms with Crippen LogP contribution in [0.15, 0.2) is 46.2 Å². The Morgan fingerprint density at radius 1 is 1.24 bits per heavy atom. The van der Waals surface area contributed by atoms with Crippen LogP contribution in [0.4, 0.5) is 11.4 Å². The van der Waals surface area contributed by atoms with Crippen LogP contribution in [-0.4, -0.2) is 15.9 Å². The van der Waals surface area contributed by atoms with E-state index in [0.29, 0.717) is 21.0 Å². The first-order valence-electron chi connectivity index (χ1n) is 6.11. The molecule has 0 saturated heterocycles. The van der Waals surface area contributed by atoms with Crippen LogP contribution in [0.3, 0.4) is 0 Å². The minimum Gasteiger partial charge on any atom is -0.507 e. The molecular weight excluding hydrogens is 292 g/mol. The number of para-hydroxylation sites is 1. The van der Waals surface area contributed by atoms with E-state index in [9.17, 15) is 20.0 Å². The highest BCUT2D eigenvalue weighted by atomic mass is 32.2. The fourth-order valence-corrected chi connectivity index (χ4v) is 3.10. The number of hydrogen-bond acceptors (Lipinski definition) is 5. The van der Waals surface area contributed by atoms with Gasteiger partial charge in [-0.2, -0.15) is 0 Å². The van der Waals surface area contributed by atoms with Crippen LogP contribution in [0.5, 0.6) is 5.75 Å². The highest BCUT2D eigenvalue weighted by Gasteiger charge is 2.25. The summed E-state index contributed by atoms with van der Waals surface area (Å²) in [6.07, 6.45) is 0.151. The third kappa shape index (κ3) is 2.55. The summed E-state index contributed by atoms with van der Waals surface area (Å²) < 4.78 is 0. The molecule has 0 unspecified atom stereocenters. The predicted molar refractivity (Wildman–Crippen MR) is 77.7 cm³/mol. The topological polar surface area (TPSA) is 92.5 Å². The van der Waals surface area contributed by atoms with E-state index in [2.05, 4.69) is 5.32 Å². The van der Waals surface area contributed by atoms with Crippen molar-refractivity contribution in [1.29, 1.82) is 0 Å². The Labute approximate surface area is 123 Å². The molecule has 2 N–H and O–H groups in total. The standard InChI is InChI=1S/C14H10N2O4S/c17-11-3-1-2-4-12(11)21-13-7-9-8(6-14(18)15-9)5-10(13)16(19)20/h1-5,7,17H,6H2,(H,15,18). The lowest BCUT2D eigenvalue weighted by atomic mass is 10.1. The number of benzene rings is 2. The third-order valence-electron chi connectivity index (χ3n) is 3.09. The zero-order valence-corrected chi connectivity index (χ0v) is 11.5. The summed E-state index contributed by atoms with van der Waals surface area (Å²) in [7, 11) is 0. The van der Waals surface area contributed by atoms with Crippen molar-refractivity contribution in [3.05, 3.63) is 52.1 Å². The van der Waals surface area contributed by atoms with Gasteiger partial charge in [0.15, 0.2) is 0 Å². The van der Waals surface area contributed by atoms with Gasteiger partial charge in [-0.3, -0.25) is 14.9 Å². The minimum atomic E-state index is -0.481. The van der Waals surface area contributed by atoms with E-state index in [-0.39, 0.29) is 23.8 Å².